The highest BCUT2D eigenvalue weighted by Gasteiger charge is 2.21. The first-order chi connectivity index (χ1) is 18.8. The van der Waals surface area contributed by atoms with Gasteiger partial charge < -0.3 is 10.4 Å². The maximum Gasteiger partial charge on any atom is 0.305 e. The minimum Gasteiger partial charge on any atom is -0.481 e. The molecule has 0 radical (unpaired) electrons. The molecule has 8 heteroatoms. The molecule has 7 nitrogen and oxygen atoms in total. The Bertz CT molecular complexity index is 1600. The average Bonchev–Trinajstić information content (AvgIpc) is 3.37. The van der Waals surface area contributed by atoms with Gasteiger partial charge in [0.15, 0.2) is 0 Å². The molecule has 2 N–H and O–H groups in total. The van der Waals surface area contributed by atoms with Crippen LogP contribution >= 0.6 is 11.6 Å². The zero-order chi connectivity index (χ0) is 27.5. The van der Waals surface area contributed by atoms with E-state index in [0.29, 0.717) is 5.56 Å². The Morgan fingerprint density at radius 3 is 2.67 bits per heavy atom. The number of nitrogens with zero attached hydrogens (tertiary/aromatic N) is 3. The van der Waals surface area contributed by atoms with Gasteiger partial charge in [-0.05, 0) is 61.7 Å². The van der Waals surface area contributed by atoms with Crippen LogP contribution in [0.1, 0.15) is 54.3 Å². The number of carbonyl (C=O) groups excluding carboxylic acids is 1. The molecule has 0 saturated heterocycles. The number of para-hydroxylation sites is 1. The number of fused-ring (bicyclic) bond motifs is 1. The summed E-state index contributed by atoms with van der Waals surface area (Å²) in [6.45, 7) is 4.23. The lowest BCUT2D eigenvalue weighted by Gasteiger charge is -2.17. The SMILES string of the molecule is CC1=CC(c2cc(-c3cnc4ccccc4c3)n(C(C)c3ccc(C(=O)NCCC(=O)O)cc3)n2)=CC(Cl)C1. The highest BCUT2D eigenvalue weighted by Crippen LogP contribution is 2.33. The van der Waals surface area contributed by atoms with E-state index in [2.05, 4.69) is 42.4 Å². The molecule has 1 aliphatic rings. The van der Waals surface area contributed by atoms with Crippen LogP contribution in [0.3, 0.4) is 0 Å². The molecular weight excluding hydrogens is 512 g/mol. The number of alkyl halides is 1. The monoisotopic (exact) mass is 540 g/mol. The summed E-state index contributed by atoms with van der Waals surface area (Å²) in [7, 11) is 0. The Labute approximate surface area is 231 Å². The summed E-state index contributed by atoms with van der Waals surface area (Å²) in [4.78, 5) is 27.8. The van der Waals surface area contributed by atoms with Gasteiger partial charge in [-0.3, -0.25) is 19.3 Å². The summed E-state index contributed by atoms with van der Waals surface area (Å²) in [6, 6.07) is 19.4. The van der Waals surface area contributed by atoms with Crippen molar-refractivity contribution < 1.29 is 14.7 Å². The van der Waals surface area contributed by atoms with Crippen LogP contribution in [0.25, 0.3) is 27.7 Å². The van der Waals surface area contributed by atoms with Crippen LogP contribution in [-0.4, -0.2) is 43.7 Å². The molecule has 2 unspecified atom stereocenters. The van der Waals surface area contributed by atoms with E-state index in [1.54, 1.807) is 12.1 Å². The van der Waals surface area contributed by atoms with Crippen LogP contribution in [-0.2, 0) is 4.79 Å². The number of hydrogen-bond acceptors (Lipinski definition) is 4. The second-order valence-corrected chi connectivity index (χ2v) is 10.4. The van der Waals surface area contributed by atoms with Crippen LogP contribution in [0.15, 0.2) is 84.6 Å². The Morgan fingerprint density at radius 1 is 1.15 bits per heavy atom. The number of nitrogens with one attached hydrogen (secondary N) is 1. The number of allylic oxidation sites excluding steroid dienone is 4. The third-order valence-corrected chi connectivity index (χ3v) is 7.12. The van der Waals surface area contributed by atoms with Crippen molar-refractivity contribution in [1.82, 2.24) is 20.1 Å². The molecule has 2 aromatic carbocycles. The fourth-order valence-corrected chi connectivity index (χ4v) is 5.17. The Hall–Kier alpha value is -4.23. The number of rotatable bonds is 8. The first kappa shape index (κ1) is 26.4. The third kappa shape index (κ3) is 5.94. The number of carboxylic acid groups (broad SMARTS) is 1. The van der Waals surface area contributed by atoms with Crippen LogP contribution in [0.4, 0.5) is 0 Å². The van der Waals surface area contributed by atoms with Gasteiger partial charge in [-0.25, -0.2) is 0 Å². The van der Waals surface area contributed by atoms with E-state index in [-0.39, 0.29) is 30.3 Å². The fraction of sp³-hybridized carbons (Fsp3) is 0.226. The van der Waals surface area contributed by atoms with E-state index >= 15 is 0 Å². The normalized spacial score (nSPS) is 15.9. The van der Waals surface area contributed by atoms with Crippen LogP contribution in [0.5, 0.6) is 0 Å². The van der Waals surface area contributed by atoms with Crippen molar-refractivity contribution in [2.45, 2.75) is 38.1 Å². The number of carboxylic acids is 1. The van der Waals surface area contributed by atoms with Crippen LogP contribution in [0, 0.1) is 0 Å². The van der Waals surface area contributed by atoms with E-state index in [9.17, 15) is 9.59 Å². The molecule has 1 amide bonds. The van der Waals surface area contributed by atoms with Gasteiger partial charge in [0.1, 0.15) is 0 Å². The molecule has 0 fully saturated rings. The molecule has 2 aromatic heterocycles. The average molecular weight is 541 g/mol. The lowest BCUT2D eigenvalue weighted by Crippen LogP contribution is -2.26. The number of halogens is 1. The second kappa shape index (κ2) is 11.3. The molecule has 2 atom stereocenters. The van der Waals surface area contributed by atoms with Crippen molar-refractivity contribution >= 4 is 40.0 Å². The van der Waals surface area contributed by atoms with E-state index in [0.717, 1.165) is 45.4 Å². The molecule has 39 heavy (non-hydrogen) atoms. The summed E-state index contributed by atoms with van der Waals surface area (Å²) in [5.41, 5.74) is 7.29. The molecule has 2 heterocycles. The van der Waals surface area contributed by atoms with Gasteiger partial charge in [0, 0.05) is 29.3 Å². The molecule has 198 valence electrons. The quantitative estimate of drug-likeness (QED) is 0.257. The van der Waals surface area contributed by atoms with Crippen molar-refractivity contribution in [2.24, 2.45) is 0 Å². The minimum absolute atomic E-state index is 0.0763. The van der Waals surface area contributed by atoms with Gasteiger partial charge in [-0.15, -0.1) is 11.6 Å². The number of hydrogen-bond donors (Lipinski definition) is 2. The fourth-order valence-electron chi connectivity index (χ4n) is 4.79. The predicted octanol–water partition coefficient (Wildman–Crippen LogP) is 6.25. The van der Waals surface area contributed by atoms with E-state index in [4.69, 9.17) is 21.8 Å². The number of carbonyl (C=O) groups is 2. The molecule has 0 aliphatic heterocycles. The lowest BCUT2D eigenvalue weighted by molar-refractivity contribution is -0.136. The molecule has 1 aliphatic carbocycles. The van der Waals surface area contributed by atoms with Gasteiger partial charge in [-0.2, -0.15) is 5.10 Å². The Balaban J connectivity index is 1.50. The van der Waals surface area contributed by atoms with Crippen molar-refractivity contribution in [3.63, 3.8) is 0 Å². The molecule has 5 rings (SSSR count). The molecule has 4 aromatic rings. The van der Waals surface area contributed by atoms with Gasteiger partial charge in [-0.1, -0.05) is 48.1 Å². The number of pyridine rings is 1. The topological polar surface area (TPSA) is 97.1 Å². The highest BCUT2D eigenvalue weighted by atomic mass is 35.5. The van der Waals surface area contributed by atoms with Gasteiger partial charge in [0.05, 0.1) is 34.7 Å². The zero-order valence-electron chi connectivity index (χ0n) is 21.8. The first-order valence-corrected chi connectivity index (χ1v) is 13.3. The van der Waals surface area contributed by atoms with Gasteiger partial charge in [0.2, 0.25) is 0 Å². The van der Waals surface area contributed by atoms with Crippen molar-refractivity contribution in [1.29, 1.82) is 0 Å². The van der Waals surface area contributed by atoms with E-state index in [1.807, 2.05) is 53.4 Å². The maximum atomic E-state index is 12.4. The minimum atomic E-state index is -0.952. The largest absolute Gasteiger partial charge is 0.481 e. The van der Waals surface area contributed by atoms with E-state index < -0.39 is 5.97 Å². The molecular formula is C31H29ClN4O3. The molecule has 0 bridgehead atoms. The van der Waals surface area contributed by atoms with Crippen LogP contribution in [0.2, 0.25) is 0 Å². The number of aromatic nitrogens is 3. The van der Waals surface area contributed by atoms with Gasteiger partial charge >= 0.3 is 5.97 Å². The second-order valence-electron chi connectivity index (χ2n) is 9.81. The smallest absolute Gasteiger partial charge is 0.305 e. The maximum absolute atomic E-state index is 12.4. The highest BCUT2D eigenvalue weighted by molar-refractivity contribution is 6.22. The van der Waals surface area contributed by atoms with Gasteiger partial charge in [0.25, 0.3) is 5.91 Å². The summed E-state index contributed by atoms with van der Waals surface area (Å²) < 4.78 is 1.99. The Morgan fingerprint density at radius 2 is 1.92 bits per heavy atom. The van der Waals surface area contributed by atoms with Crippen molar-refractivity contribution in [2.75, 3.05) is 6.54 Å². The standard InChI is InChI=1S/C31H29ClN4O3/c1-19-13-24(16-26(32)14-19)28-17-29(25-15-23-5-3-4-6-27(23)34-18-25)36(35-28)20(2)21-7-9-22(10-8-21)31(39)33-12-11-30(37)38/h3-10,13,15-18,20,26H,11-12,14H2,1-2H3,(H,33,39)(H,37,38). The summed E-state index contributed by atoms with van der Waals surface area (Å²) in [5, 5.41) is 17.4. The predicted molar refractivity (Wildman–Crippen MR) is 154 cm³/mol. The summed E-state index contributed by atoms with van der Waals surface area (Å²) in [6.07, 6.45) is 6.75. The zero-order valence-corrected chi connectivity index (χ0v) is 22.5. The molecule has 0 spiro atoms. The number of benzene rings is 2. The van der Waals surface area contributed by atoms with E-state index in [1.165, 1.54) is 5.57 Å². The number of aliphatic carboxylic acids is 1. The first-order valence-electron chi connectivity index (χ1n) is 12.9. The molecule has 0 saturated carbocycles. The summed E-state index contributed by atoms with van der Waals surface area (Å²) >= 11 is 6.51. The Kier molecular flexibility index (Phi) is 7.61. The van der Waals surface area contributed by atoms with Crippen LogP contribution < -0.4 is 5.32 Å². The lowest BCUT2D eigenvalue weighted by atomic mass is 9.98. The number of amides is 1. The summed E-state index contributed by atoms with van der Waals surface area (Å²) in [5.74, 6) is -1.26. The third-order valence-electron chi connectivity index (χ3n) is 6.84. The van der Waals surface area contributed by atoms with Crippen molar-refractivity contribution in [3.8, 4) is 11.3 Å². The van der Waals surface area contributed by atoms with Crippen molar-refractivity contribution in [3.05, 3.63) is 101 Å².